The molecule has 0 aliphatic heterocycles. The molecule has 1 heterocycles. The summed E-state index contributed by atoms with van der Waals surface area (Å²) in [5.41, 5.74) is -0.608. The summed E-state index contributed by atoms with van der Waals surface area (Å²) in [7, 11) is 0. The molecule has 0 bridgehead atoms. The Morgan fingerprint density at radius 1 is 0.893 bits per heavy atom. The van der Waals surface area contributed by atoms with E-state index in [0.717, 1.165) is 38.5 Å². The fourth-order valence-electron chi connectivity index (χ4n) is 3.47. The zero-order chi connectivity index (χ0) is 20.2. The van der Waals surface area contributed by atoms with Crippen LogP contribution in [-0.4, -0.2) is 6.61 Å². The first-order valence-corrected chi connectivity index (χ1v) is 11.0. The highest BCUT2D eigenvalue weighted by molar-refractivity contribution is 5.83. The first-order valence-electron chi connectivity index (χ1n) is 11.0. The molecule has 156 valence electrons. The molecule has 3 nitrogen and oxygen atoms in total. The van der Waals surface area contributed by atoms with Crippen molar-refractivity contribution in [3.05, 3.63) is 40.2 Å². The maximum Gasteiger partial charge on any atom is 0.346 e. The molecule has 0 radical (unpaired) electrons. The Morgan fingerprint density at radius 2 is 1.54 bits per heavy atom. The van der Waals surface area contributed by atoms with Gasteiger partial charge in [0.05, 0.1) is 6.61 Å². The van der Waals surface area contributed by atoms with Gasteiger partial charge in [0, 0.05) is 6.42 Å². The second-order valence-electron chi connectivity index (χ2n) is 7.62. The van der Waals surface area contributed by atoms with Gasteiger partial charge in [0.15, 0.2) is 11.6 Å². The van der Waals surface area contributed by atoms with E-state index in [1.165, 1.54) is 38.5 Å². The minimum Gasteiger partial charge on any atom is -0.490 e. The van der Waals surface area contributed by atoms with Gasteiger partial charge in [-0.05, 0) is 30.4 Å². The van der Waals surface area contributed by atoms with Crippen LogP contribution < -0.4 is 10.4 Å². The molecule has 2 aromatic rings. The quantitative estimate of drug-likeness (QED) is 0.321. The minimum atomic E-state index is -0.610. The van der Waals surface area contributed by atoms with Crippen molar-refractivity contribution < 1.29 is 13.5 Å². The van der Waals surface area contributed by atoms with Gasteiger partial charge in [0.2, 0.25) is 0 Å². The van der Waals surface area contributed by atoms with Crippen LogP contribution in [0, 0.1) is 5.82 Å². The molecule has 4 heteroatoms. The first-order chi connectivity index (χ1) is 13.7. The molecule has 0 amide bonds. The third-order valence-electron chi connectivity index (χ3n) is 5.17. The number of unbranched alkanes of at least 4 members (excludes halogenated alkanes) is 9. The zero-order valence-corrected chi connectivity index (χ0v) is 17.5. The lowest BCUT2D eigenvalue weighted by Gasteiger charge is -2.09. The fraction of sp³-hybridized carbons (Fsp3) is 0.625. The molecule has 0 saturated heterocycles. The van der Waals surface area contributed by atoms with E-state index in [2.05, 4.69) is 13.8 Å². The molecule has 0 fully saturated rings. The standard InChI is InChI=1S/C24H35FO3/c1-3-5-7-8-9-10-11-12-14-20-18-19-15-16-21(27-17-13-6-4-2)23(25)22(19)24(26)28-20/h15-16,18H,3-14,17H2,1-2H3. The summed E-state index contributed by atoms with van der Waals surface area (Å²) in [5, 5.41) is 0.580. The minimum absolute atomic E-state index is 0.00679. The second-order valence-corrected chi connectivity index (χ2v) is 7.62. The molecule has 0 atom stereocenters. The summed E-state index contributed by atoms with van der Waals surface area (Å²) >= 11 is 0. The van der Waals surface area contributed by atoms with Crippen LogP contribution in [0.3, 0.4) is 0 Å². The topological polar surface area (TPSA) is 39.4 Å². The Bertz CT molecular complexity index is 766. The van der Waals surface area contributed by atoms with Crippen molar-refractivity contribution in [2.24, 2.45) is 0 Å². The Hall–Kier alpha value is -1.84. The van der Waals surface area contributed by atoms with Crippen molar-refractivity contribution in [2.45, 2.75) is 90.9 Å². The number of benzene rings is 1. The highest BCUT2D eigenvalue weighted by Gasteiger charge is 2.14. The second kappa shape index (κ2) is 12.6. The van der Waals surface area contributed by atoms with E-state index in [1.54, 1.807) is 18.2 Å². The highest BCUT2D eigenvalue weighted by Crippen LogP contribution is 2.25. The van der Waals surface area contributed by atoms with Crippen LogP contribution in [0.2, 0.25) is 0 Å². The zero-order valence-electron chi connectivity index (χ0n) is 17.5. The molecule has 0 saturated carbocycles. The van der Waals surface area contributed by atoms with Gasteiger partial charge in [-0.25, -0.2) is 9.18 Å². The number of hydrogen-bond donors (Lipinski definition) is 0. The molecule has 0 aliphatic carbocycles. The first kappa shape index (κ1) is 22.4. The normalized spacial score (nSPS) is 11.2. The van der Waals surface area contributed by atoms with Gasteiger partial charge in [-0.2, -0.15) is 0 Å². The van der Waals surface area contributed by atoms with Crippen molar-refractivity contribution in [1.82, 2.24) is 0 Å². The molecule has 0 aliphatic rings. The van der Waals surface area contributed by atoms with Crippen LogP contribution in [0.5, 0.6) is 5.75 Å². The summed E-state index contributed by atoms with van der Waals surface area (Å²) in [5.74, 6) is 0.160. The third kappa shape index (κ3) is 6.96. The van der Waals surface area contributed by atoms with E-state index in [4.69, 9.17) is 9.15 Å². The number of halogens is 1. The summed E-state index contributed by atoms with van der Waals surface area (Å²) in [6, 6.07) is 5.16. The average Bonchev–Trinajstić information content (AvgIpc) is 2.68. The lowest BCUT2D eigenvalue weighted by Crippen LogP contribution is -2.07. The van der Waals surface area contributed by atoms with E-state index in [1.807, 2.05) is 0 Å². The van der Waals surface area contributed by atoms with Gasteiger partial charge >= 0.3 is 5.63 Å². The predicted octanol–water partition coefficient (Wildman–Crippen LogP) is 7.18. The van der Waals surface area contributed by atoms with Gasteiger partial charge in [0.25, 0.3) is 0 Å². The van der Waals surface area contributed by atoms with Gasteiger partial charge < -0.3 is 9.15 Å². The number of aryl methyl sites for hydroxylation is 1. The van der Waals surface area contributed by atoms with E-state index >= 15 is 0 Å². The van der Waals surface area contributed by atoms with Crippen molar-refractivity contribution >= 4 is 10.8 Å². The number of hydrogen-bond acceptors (Lipinski definition) is 3. The van der Waals surface area contributed by atoms with Crippen LogP contribution in [0.1, 0.15) is 90.2 Å². The molecule has 0 N–H and O–H groups in total. The van der Waals surface area contributed by atoms with Crippen molar-refractivity contribution in [1.29, 1.82) is 0 Å². The van der Waals surface area contributed by atoms with Crippen molar-refractivity contribution in [2.75, 3.05) is 6.61 Å². The monoisotopic (exact) mass is 390 g/mol. The van der Waals surface area contributed by atoms with Crippen LogP contribution in [0.25, 0.3) is 10.8 Å². The summed E-state index contributed by atoms with van der Waals surface area (Å²) < 4.78 is 25.5. The van der Waals surface area contributed by atoms with Crippen LogP contribution in [0.4, 0.5) is 4.39 Å². The maximum atomic E-state index is 14.7. The molecule has 0 spiro atoms. The van der Waals surface area contributed by atoms with E-state index < -0.39 is 11.4 Å². The van der Waals surface area contributed by atoms with E-state index in [0.29, 0.717) is 17.8 Å². The maximum absolute atomic E-state index is 14.7. The van der Waals surface area contributed by atoms with Crippen LogP contribution in [0.15, 0.2) is 27.4 Å². The predicted molar refractivity (Wildman–Crippen MR) is 114 cm³/mol. The summed E-state index contributed by atoms with van der Waals surface area (Å²) in [6.45, 7) is 4.79. The number of rotatable bonds is 14. The Morgan fingerprint density at radius 3 is 2.25 bits per heavy atom. The van der Waals surface area contributed by atoms with Crippen LogP contribution >= 0.6 is 0 Å². The molecule has 28 heavy (non-hydrogen) atoms. The Labute approximate surface area is 168 Å². The lowest BCUT2D eigenvalue weighted by molar-refractivity contribution is 0.292. The van der Waals surface area contributed by atoms with Gasteiger partial charge in [-0.15, -0.1) is 0 Å². The fourth-order valence-corrected chi connectivity index (χ4v) is 3.47. The number of fused-ring (bicyclic) bond motifs is 1. The van der Waals surface area contributed by atoms with E-state index in [9.17, 15) is 9.18 Å². The Balaban J connectivity index is 1.90. The number of ether oxygens (including phenoxy) is 1. The molecular formula is C24H35FO3. The average molecular weight is 391 g/mol. The van der Waals surface area contributed by atoms with E-state index in [-0.39, 0.29) is 11.1 Å². The lowest BCUT2D eigenvalue weighted by atomic mass is 10.1. The molecule has 2 rings (SSSR count). The van der Waals surface area contributed by atoms with Crippen LogP contribution in [-0.2, 0) is 6.42 Å². The SMILES string of the molecule is CCCCCCCCCCc1cc2ccc(OCCCCC)c(F)c2c(=O)o1. The summed E-state index contributed by atoms with van der Waals surface area (Å²) in [6.07, 6.45) is 13.6. The highest BCUT2D eigenvalue weighted by atomic mass is 19.1. The van der Waals surface area contributed by atoms with Gasteiger partial charge in [0.1, 0.15) is 11.1 Å². The summed E-state index contributed by atoms with van der Waals surface area (Å²) in [4.78, 5) is 12.3. The van der Waals surface area contributed by atoms with Gasteiger partial charge in [-0.3, -0.25) is 0 Å². The molecular weight excluding hydrogens is 355 g/mol. The third-order valence-corrected chi connectivity index (χ3v) is 5.17. The van der Waals surface area contributed by atoms with Crippen molar-refractivity contribution in [3.8, 4) is 5.75 Å². The molecule has 1 aromatic heterocycles. The largest absolute Gasteiger partial charge is 0.490 e. The molecule has 1 aromatic carbocycles. The molecule has 0 unspecified atom stereocenters. The van der Waals surface area contributed by atoms with Gasteiger partial charge in [-0.1, -0.05) is 77.7 Å². The Kier molecular flexibility index (Phi) is 10.1. The smallest absolute Gasteiger partial charge is 0.346 e. The van der Waals surface area contributed by atoms with Crippen molar-refractivity contribution in [3.63, 3.8) is 0 Å².